The molecular formula is C11H23N3O2S. The van der Waals surface area contributed by atoms with E-state index in [4.69, 9.17) is 0 Å². The fourth-order valence-corrected chi connectivity index (χ4v) is 4.41. The molecule has 0 unspecified atom stereocenters. The van der Waals surface area contributed by atoms with E-state index in [0.29, 0.717) is 19.0 Å². The average molecular weight is 261 g/mol. The first-order valence-electron chi connectivity index (χ1n) is 6.51. The van der Waals surface area contributed by atoms with Gasteiger partial charge < -0.3 is 5.32 Å². The number of fused-ring (bicyclic) bond motifs is 1. The molecule has 0 aromatic carbocycles. The van der Waals surface area contributed by atoms with Crippen LogP contribution in [0.3, 0.4) is 0 Å². The highest BCUT2D eigenvalue weighted by Crippen LogP contribution is 2.30. The second kappa shape index (κ2) is 5.22. The summed E-state index contributed by atoms with van der Waals surface area (Å²) in [5.41, 5.74) is 0. The van der Waals surface area contributed by atoms with Crippen LogP contribution in [-0.2, 0) is 10.2 Å². The van der Waals surface area contributed by atoms with Crippen LogP contribution in [0.25, 0.3) is 0 Å². The largest absolute Gasteiger partial charge is 0.315 e. The number of hydrogen-bond donors (Lipinski definition) is 1. The molecule has 0 aliphatic carbocycles. The van der Waals surface area contributed by atoms with Gasteiger partial charge in [0.15, 0.2) is 0 Å². The predicted octanol–water partition coefficient (Wildman–Crippen LogP) is 0.257. The Morgan fingerprint density at radius 3 is 2.88 bits per heavy atom. The molecule has 0 aromatic heterocycles. The van der Waals surface area contributed by atoms with Crippen molar-refractivity contribution in [2.75, 3.05) is 33.2 Å². The molecule has 0 radical (unpaired) electrons. The quantitative estimate of drug-likeness (QED) is 0.772. The highest BCUT2D eigenvalue weighted by atomic mass is 32.2. The van der Waals surface area contributed by atoms with Crippen LogP contribution in [0, 0.1) is 5.92 Å². The van der Waals surface area contributed by atoms with Gasteiger partial charge in [0, 0.05) is 32.7 Å². The third-order valence-corrected chi connectivity index (χ3v) is 5.93. The van der Waals surface area contributed by atoms with E-state index in [9.17, 15) is 8.42 Å². The van der Waals surface area contributed by atoms with Crippen molar-refractivity contribution in [3.8, 4) is 0 Å². The van der Waals surface area contributed by atoms with E-state index in [2.05, 4.69) is 12.2 Å². The normalized spacial score (nSPS) is 30.1. The Bertz CT molecular complexity index is 358. The van der Waals surface area contributed by atoms with Gasteiger partial charge in [-0.15, -0.1) is 0 Å². The molecule has 0 spiro atoms. The smallest absolute Gasteiger partial charge is 0.282 e. The van der Waals surface area contributed by atoms with Gasteiger partial charge in [0.2, 0.25) is 0 Å². The molecule has 2 heterocycles. The van der Waals surface area contributed by atoms with Crippen LogP contribution in [-0.4, -0.2) is 56.3 Å². The van der Waals surface area contributed by atoms with Gasteiger partial charge >= 0.3 is 0 Å². The van der Waals surface area contributed by atoms with Crippen LogP contribution in [0.4, 0.5) is 0 Å². The first kappa shape index (κ1) is 13.3. The topological polar surface area (TPSA) is 52.7 Å². The Balaban J connectivity index is 2.05. The Labute approximate surface area is 104 Å². The second-order valence-electron chi connectivity index (χ2n) is 5.07. The zero-order chi connectivity index (χ0) is 12.5. The average Bonchev–Trinajstić information content (AvgIpc) is 2.86. The number of hydrogen-bond acceptors (Lipinski definition) is 3. The van der Waals surface area contributed by atoms with Crippen LogP contribution in [0.1, 0.15) is 26.2 Å². The van der Waals surface area contributed by atoms with Gasteiger partial charge in [-0.1, -0.05) is 13.3 Å². The van der Waals surface area contributed by atoms with Gasteiger partial charge in [-0.05, 0) is 25.3 Å². The Morgan fingerprint density at radius 1 is 1.41 bits per heavy atom. The summed E-state index contributed by atoms with van der Waals surface area (Å²) in [6.07, 6.45) is 2.95. The summed E-state index contributed by atoms with van der Waals surface area (Å²) in [6, 6.07) is 0.184. The van der Waals surface area contributed by atoms with Crippen LogP contribution < -0.4 is 5.32 Å². The number of nitrogens with zero attached hydrogens (tertiary/aromatic N) is 2. The maximum atomic E-state index is 12.4. The van der Waals surface area contributed by atoms with Crippen molar-refractivity contribution in [3.05, 3.63) is 0 Å². The van der Waals surface area contributed by atoms with Gasteiger partial charge in [0.25, 0.3) is 10.2 Å². The summed E-state index contributed by atoms with van der Waals surface area (Å²) < 4.78 is 28.0. The highest BCUT2D eigenvalue weighted by molar-refractivity contribution is 7.86. The molecule has 100 valence electrons. The summed E-state index contributed by atoms with van der Waals surface area (Å²) in [5, 5.41) is 3.28. The molecule has 2 fully saturated rings. The zero-order valence-corrected chi connectivity index (χ0v) is 11.5. The van der Waals surface area contributed by atoms with E-state index in [1.54, 1.807) is 11.4 Å². The number of unbranched alkanes of at least 4 members (excludes halogenated alkanes) is 1. The molecule has 2 aliphatic heterocycles. The number of nitrogens with one attached hydrogen (secondary N) is 1. The molecule has 0 bridgehead atoms. The SMILES string of the molecule is CCCCN(C)S(=O)(=O)N1CC[C@H]2CNC[C@H]21. The minimum atomic E-state index is -3.24. The molecule has 1 N–H and O–H groups in total. The summed E-state index contributed by atoms with van der Waals surface area (Å²) in [7, 11) is -1.54. The van der Waals surface area contributed by atoms with E-state index in [1.165, 1.54) is 4.31 Å². The van der Waals surface area contributed by atoms with Gasteiger partial charge in [-0.25, -0.2) is 0 Å². The molecule has 2 rings (SSSR count). The van der Waals surface area contributed by atoms with Crippen molar-refractivity contribution in [1.82, 2.24) is 13.9 Å². The minimum Gasteiger partial charge on any atom is -0.315 e. The third kappa shape index (κ3) is 2.50. The fourth-order valence-electron chi connectivity index (χ4n) is 2.77. The maximum Gasteiger partial charge on any atom is 0.282 e. The van der Waals surface area contributed by atoms with Crippen LogP contribution in [0.15, 0.2) is 0 Å². The van der Waals surface area contributed by atoms with Crippen molar-refractivity contribution >= 4 is 10.2 Å². The van der Waals surface area contributed by atoms with Gasteiger partial charge in [0.1, 0.15) is 0 Å². The molecule has 2 atom stereocenters. The van der Waals surface area contributed by atoms with E-state index < -0.39 is 10.2 Å². The summed E-state index contributed by atoms with van der Waals surface area (Å²) >= 11 is 0. The summed E-state index contributed by atoms with van der Waals surface area (Å²) in [5.74, 6) is 0.518. The standard InChI is InChI=1S/C11H23N3O2S/c1-3-4-6-13(2)17(15,16)14-7-5-10-8-12-9-11(10)14/h10-12H,3-9H2,1-2H3/t10-,11+/m0/s1. The van der Waals surface area contributed by atoms with E-state index in [-0.39, 0.29) is 6.04 Å². The summed E-state index contributed by atoms with van der Waals surface area (Å²) in [6.45, 7) is 5.17. The molecular weight excluding hydrogens is 238 g/mol. The van der Waals surface area contributed by atoms with Crippen molar-refractivity contribution < 1.29 is 8.42 Å². The highest BCUT2D eigenvalue weighted by Gasteiger charge is 2.44. The van der Waals surface area contributed by atoms with Crippen molar-refractivity contribution in [1.29, 1.82) is 0 Å². The molecule has 0 aromatic rings. The lowest BCUT2D eigenvalue weighted by atomic mass is 10.1. The zero-order valence-electron chi connectivity index (χ0n) is 10.7. The van der Waals surface area contributed by atoms with Crippen molar-refractivity contribution in [3.63, 3.8) is 0 Å². The van der Waals surface area contributed by atoms with Crippen molar-refractivity contribution in [2.45, 2.75) is 32.2 Å². The Kier molecular flexibility index (Phi) is 4.07. The minimum absolute atomic E-state index is 0.184. The first-order chi connectivity index (χ1) is 8.07. The van der Waals surface area contributed by atoms with Crippen LogP contribution in [0.2, 0.25) is 0 Å². The Hall–Kier alpha value is -0.170. The third-order valence-electron chi connectivity index (χ3n) is 3.91. The van der Waals surface area contributed by atoms with Crippen LogP contribution >= 0.6 is 0 Å². The lowest BCUT2D eigenvalue weighted by Gasteiger charge is -2.28. The lowest BCUT2D eigenvalue weighted by molar-refractivity contribution is 0.338. The van der Waals surface area contributed by atoms with Gasteiger partial charge in [0.05, 0.1) is 0 Å². The van der Waals surface area contributed by atoms with Crippen molar-refractivity contribution in [2.24, 2.45) is 5.92 Å². The summed E-state index contributed by atoms with van der Waals surface area (Å²) in [4.78, 5) is 0. The van der Waals surface area contributed by atoms with Crippen LogP contribution in [0.5, 0.6) is 0 Å². The molecule has 0 saturated carbocycles. The van der Waals surface area contributed by atoms with E-state index >= 15 is 0 Å². The Morgan fingerprint density at radius 2 is 2.18 bits per heavy atom. The fraction of sp³-hybridized carbons (Fsp3) is 1.00. The first-order valence-corrected chi connectivity index (χ1v) is 7.91. The molecule has 2 aliphatic rings. The molecule has 2 saturated heterocycles. The predicted molar refractivity (Wildman–Crippen MR) is 67.9 cm³/mol. The second-order valence-corrected chi connectivity index (χ2v) is 7.06. The molecule has 0 amide bonds. The maximum absolute atomic E-state index is 12.4. The van der Waals surface area contributed by atoms with Gasteiger partial charge in [-0.2, -0.15) is 17.0 Å². The van der Waals surface area contributed by atoms with E-state index in [0.717, 1.165) is 32.4 Å². The van der Waals surface area contributed by atoms with E-state index in [1.807, 2.05) is 0 Å². The molecule has 17 heavy (non-hydrogen) atoms. The monoisotopic (exact) mass is 261 g/mol. The lowest BCUT2D eigenvalue weighted by Crippen LogP contribution is -2.46. The number of rotatable bonds is 5. The molecule has 6 heteroatoms. The molecule has 5 nitrogen and oxygen atoms in total. The van der Waals surface area contributed by atoms with Gasteiger partial charge in [-0.3, -0.25) is 0 Å².